The third kappa shape index (κ3) is 2.84. The molecule has 0 saturated carbocycles. The minimum Gasteiger partial charge on any atom is -0.627 e. The zero-order valence-electron chi connectivity index (χ0n) is 11.1. The lowest BCUT2D eigenvalue weighted by atomic mass is 10.1. The summed E-state index contributed by atoms with van der Waals surface area (Å²) in [6, 6.07) is 0.408. The third-order valence-corrected chi connectivity index (χ3v) is 3.78. The van der Waals surface area contributed by atoms with Crippen molar-refractivity contribution in [1.29, 1.82) is 0 Å². The number of piperidine rings is 1. The fourth-order valence-corrected chi connectivity index (χ4v) is 2.58. The van der Waals surface area contributed by atoms with Crippen LogP contribution in [0.5, 0.6) is 0 Å². The van der Waals surface area contributed by atoms with Gasteiger partial charge in [0.1, 0.15) is 6.67 Å². The molecule has 1 fully saturated rings. The SMILES string of the molecule is CN1CCC(Nc2ncc3c(n2)[NH+]([O-])CNC3)CC1. The highest BCUT2D eigenvalue weighted by Gasteiger charge is 2.21. The fourth-order valence-electron chi connectivity index (χ4n) is 2.58. The van der Waals surface area contributed by atoms with Crippen LogP contribution in [0.25, 0.3) is 0 Å². The molecule has 1 atom stereocenters. The number of quaternary nitrogens is 1. The maximum Gasteiger partial charge on any atom is 0.236 e. The molecule has 19 heavy (non-hydrogen) atoms. The second-order valence-corrected chi connectivity index (χ2v) is 5.32. The van der Waals surface area contributed by atoms with Gasteiger partial charge < -0.3 is 20.5 Å². The number of nitrogens with zero attached hydrogens (tertiary/aromatic N) is 3. The molecule has 0 aromatic carbocycles. The number of likely N-dealkylation sites (tertiary alicyclic amines) is 1. The zero-order chi connectivity index (χ0) is 13.2. The highest BCUT2D eigenvalue weighted by atomic mass is 16.5. The Morgan fingerprint density at radius 2 is 2.26 bits per heavy atom. The average molecular weight is 264 g/mol. The van der Waals surface area contributed by atoms with Gasteiger partial charge in [0.25, 0.3) is 0 Å². The summed E-state index contributed by atoms with van der Waals surface area (Å²) in [7, 11) is 2.14. The largest absolute Gasteiger partial charge is 0.627 e. The molecule has 1 aromatic rings. The Balaban J connectivity index is 1.70. The van der Waals surface area contributed by atoms with Gasteiger partial charge >= 0.3 is 0 Å². The lowest BCUT2D eigenvalue weighted by Gasteiger charge is -2.30. The first-order valence-corrected chi connectivity index (χ1v) is 6.77. The summed E-state index contributed by atoms with van der Waals surface area (Å²) in [4.78, 5) is 11.0. The summed E-state index contributed by atoms with van der Waals surface area (Å²) in [6.07, 6.45) is 3.93. The van der Waals surface area contributed by atoms with Crippen LogP contribution in [0.3, 0.4) is 0 Å². The van der Waals surface area contributed by atoms with Crippen molar-refractivity contribution in [3.05, 3.63) is 17.0 Å². The summed E-state index contributed by atoms with van der Waals surface area (Å²) in [5, 5.41) is 18.2. The van der Waals surface area contributed by atoms with Gasteiger partial charge in [0.15, 0.2) is 0 Å². The van der Waals surface area contributed by atoms with E-state index < -0.39 is 0 Å². The molecule has 1 unspecified atom stereocenters. The normalized spacial score (nSPS) is 25.1. The molecule has 7 nitrogen and oxygen atoms in total. The van der Waals surface area contributed by atoms with E-state index in [1.165, 1.54) is 0 Å². The minimum atomic E-state index is 0.0510. The maximum atomic E-state index is 11.8. The molecular weight excluding hydrogens is 244 g/mol. The minimum absolute atomic E-state index is 0.0510. The van der Waals surface area contributed by atoms with Crippen LogP contribution in [0, 0.1) is 5.21 Å². The molecule has 2 aliphatic rings. The van der Waals surface area contributed by atoms with E-state index in [2.05, 4.69) is 32.5 Å². The van der Waals surface area contributed by atoms with E-state index >= 15 is 0 Å². The average Bonchev–Trinajstić information content (AvgIpc) is 2.42. The topological polar surface area (TPSA) is 80.6 Å². The Kier molecular flexibility index (Phi) is 3.61. The summed E-state index contributed by atoms with van der Waals surface area (Å²) < 4.78 is 0. The molecule has 3 N–H and O–H groups in total. The lowest BCUT2D eigenvalue weighted by molar-refractivity contribution is -0.786. The van der Waals surface area contributed by atoms with Crippen molar-refractivity contribution in [3.8, 4) is 0 Å². The number of hydrogen-bond donors (Lipinski definition) is 3. The number of hydrogen-bond acceptors (Lipinski definition) is 6. The molecule has 0 radical (unpaired) electrons. The second-order valence-electron chi connectivity index (χ2n) is 5.32. The lowest BCUT2D eigenvalue weighted by Crippen LogP contribution is -3.05. The Hall–Kier alpha value is -1.28. The van der Waals surface area contributed by atoms with E-state index in [-0.39, 0.29) is 5.06 Å². The first-order chi connectivity index (χ1) is 9.22. The highest BCUT2D eigenvalue weighted by Crippen LogP contribution is 2.16. The van der Waals surface area contributed by atoms with Gasteiger partial charge in [-0.3, -0.25) is 5.32 Å². The van der Waals surface area contributed by atoms with Crippen LogP contribution >= 0.6 is 0 Å². The number of fused-ring (bicyclic) bond motifs is 1. The highest BCUT2D eigenvalue weighted by molar-refractivity contribution is 5.38. The molecule has 3 heterocycles. The molecule has 2 aliphatic heterocycles. The van der Waals surface area contributed by atoms with Gasteiger partial charge in [-0.25, -0.2) is 4.98 Å². The Morgan fingerprint density at radius 3 is 3.05 bits per heavy atom. The van der Waals surface area contributed by atoms with Crippen molar-refractivity contribution in [2.75, 3.05) is 32.1 Å². The van der Waals surface area contributed by atoms with E-state index in [9.17, 15) is 5.21 Å². The van der Waals surface area contributed by atoms with Crippen molar-refractivity contribution in [3.63, 3.8) is 0 Å². The second kappa shape index (κ2) is 5.38. The van der Waals surface area contributed by atoms with Gasteiger partial charge in [-0.2, -0.15) is 4.98 Å². The smallest absolute Gasteiger partial charge is 0.236 e. The fraction of sp³-hybridized carbons (Fsp3) is 0.667. The summed E-state index contributed by atoms with van der Waals surface area (Å²) in [5.74, 6) is 1.16. The number of rotatable bonds is 2. The molecule has 3 rings (SSSR count). The molecule has 0 amide bonds. The molecular formula is C12H20N6O. The molecule has 104 valence electrons. The van der Waals surface area contributed by atoms with Crippen LogP contribution in [0.2, 0.25) is 0 Å². The van der Waals surface area contributed by atoms with Gasteiger partial charge in [0, 0.05) is 18.8 Å². The van der Waals surface area contributed by atoms with Gasteiger partial charge in [-0.1, -0.05) is 0 Å². The first-order valence-electron chi connectivity index (χ1n) is 6.77. The molecule has 0 bridgehead atoms. The summed E-state index contributed by atoms with van der Waals surface area (Å²) >= 11 is 0. The molecule has 7 heteroatoms. The molecule has 0 spiro atoms. The van der Waals surface area contributed by atoms with E-state index in [4.69, 9.17) is 0 Å². The van der Waals surface area contributed by atoms with Gasteiger partial charge in [0.05, 0.1) is 5.56 Å². The van der Waals surface area contributed by atoms with E-state index in [0.29, 0.717) is 31.0 Å². The monoisotopic (exact) mass is 264 g/mol. The maximum absolute atomic E-state index is 11.8. The number of aromatic nitrogens is 2. The summed E-state index contributed by atoms with van der Waals surface area (Å²) in [6.45, 7) is 3.23. The summed E-state index contributed by atoms with van der Waals surface area (Å²) in [5.41, 5.74) is 0.894. The Bertz CT molecular complexity index is 446. The molecule has 0 aliphatic carbocycles. The van der Waals surface area contributed by atoms with Crippen LogP contribution in [0.4, 0.5) is 11.8 Å². The van der Waals surface area contributed by atoms with E-state index in [0.717, 1.165) is 31.5 Å². The third-order valence-electron chi connectivity index (χ3n) is 3.78. The van der Waals surface area contributed by atoms with Crippen LogP contribution in [0.15, 0.2) is 6.20 Å². The predicted molar refractivity (Wildman–Crippen MR) is 71.9 cm³/mol. The van der Waals surface area contributed by atoms with Gasteiger partial charge in [-0.05, 0) is 33.0 Å². The van der Waals surface area contributed by atoms with E-state index in [1.807, 2.05) is 0 Å². The van der Waals surface area contributed by atoms with Crippen molar-refractivity contribution in [2.24, 2.45) is 0 Å². The van der Waals surface area contributed by atoms with Crippen molar-refractivity contribution >= 4 is 11.8 Å². The standard InChI is InChI=1S/C12H20N6O/c1-17-4-2-10(3-5-17)15-12-14-7-9-6-13-8-18(19)11(9)16-12/h7,10,13,18H,2-6,8H2,1H3,(H,14,15,16). The van der Waals surface area contributed by atoms with Crippen LogP contribution in [0.1, 0.15) is 18.4 Å². The van der Waals surface area contributed by atoms with Crippen molar-refractivity contribution in [2.45, 2.75) is 25.4 Å². The number of anilines is 1. The van der Waals surface area contributed by atoms with Crippen LogP contribution in [-0.2, 0) is 6.54 Å². The Labute approximate surface area is 112 Å². The van der Waals surface area contributed by atoms with Gasteiger partial charge in [0.2, 0.25) is 11.8 Å². The van der Waals surface area contributed by atoms with Crippen molar-refractivity contribution < 1.29 is 5.06 Å². The van der Waals surface area contributed by atoms with Crippen molar-refractivity contribution in [1.82, 2.24) is 20.2 Å². The Morgan fingerprint density at radius 1 is 1.47 bits per heavy atom. The van der Waals surface area contributed by atoms with E-state index in [1.54, 1.807) is 6.20 Å². The number of hydroxylamine groups is 1. The van der Waals surface area contributed by atoms with Gasteiger partial charge in [-0.15, -0.1) is 0 Å². The molecule has 1 saturated heterocycles. The van der Waals surface area contributed by atoms with Crippen LogP contribution < -0.4 is 15.7 Å². The zero-order valence-corrected chi connectivity index (χ0v) is 11.1. The molecule has 1 aromatic heterocycles. The first kappa shape index (κ1) is 12.7. The predicted octanol–water partition coefficient (Wildman–Crippen LogP) is -0.942. The quantitative estimate of drug-likeness (QED) is 0.598. The number of nitrogens with one attached hydrogen (secondary N) is 3. The van der Waals surface area contributed by atoms with Crippen LogP contribution in [-0.4, -0.2) is 47.7 Å².